The van der Waals surface area contributed by atoms with Crippen molar-refractivity contribution in [2.75, 3.05) is 0 Å². The maximum atomic E-state index is 13.9. The minimum absolute atomic E-state index is 0.139. The molecule has 1 aromatic heterocycles. The van der Waals surface area contributed by atoms with E-state index in [-0.39, 0.29) is 15.7 Å². The summed E-state index contributed by atoms with van der Waals surface area (Å²) in [4.78, 5) is 2.22. The monoisotopic (exact) mass is 332 g/mol. The summed E-state index contributed by atoms with van der Waals surface area (Å²) in [6.45, 7) is 4.09. The van der Waals surface area contributed by atoms with Crippen LogP contribution in [-0.2, 0) is 0 Å². The number of rotatable bonds is 2. The van der Waals surface area contributed by atoms with Gasteiger partial charge in [0, 0.05) is 15.3 Å². The molecule has 17 heavy (non-hydrogen) atoms. The Kier molecular flexibility index (Phi) is 3.91. The van der Waals surface area contributed by atoms with Crippen molar-refractivity contribution in [1.29, 1.82) is 0 Å². The lowest BCUT2D eigenvalue weighted by molar-refractivity contribution is 0.614. The first-order valence-electron chi connectivity index (χ1n) is 5.15. The Balaban J connectivity index is 2.47. The average molecular weight is 334 g/mol. The molecule has 0 bridgehead atoms. The molecule has 1 unspecified atom stereocenters. The van der Waals surface area contributed by atoms with Crippen LogP contribution in [0.25, 0.3) is 0 Å². The smallest absolute Gasteiger partial charge is 0.146 e. The predicted molar refractivity (Wildman–Crippen MR) is 76.0 cm³/mol. The van der Waals surface area contributed by atoms with Crippen molar-refractivity contribution in [3.05, 3.63) is 56.0 Å². The SMILES string of the molecule is Cc1cc(C)c(C(Br)c2cccc(Cl)c2F)s1. The molecule has 0 aliphatic carbocycles. The third kappa shape index (κ3) is 2.56. The van der Waals surface area contributed by atoms with Gasteiger partial charge in [-0.15, -0.1) is 11.3 Å². The third-order valence-corrected chi connectivity index (χ3v) is 5.33. The van der Waals surface area contributed by atoms with Gasteiger partial charge in [0.2, 0.25) is 0 Å². The maximum Gasteiger partial charge on any atom is 0.146 e. The second-order valence-corrected chi connectivity index (χ2v) is 6.52. The number of hydrogen-bond acceptors (Lipinski definition) is 1. The second-order valence-electron chi connectivity index (χ2n) is 3.91. The molecular weight excluding hydrogens is 323 g/mol. The zero-order valence-corrected chi connectivity index (χ0v) is 12.6. The summed E-state index contributed by atoms with van der Waals surface area (Å²) in [5.41, 5.74) is 1.76. The predicted octanol–water partition coefficient (Wildman–Crippen LogP) is 5.64. The lowest BCUT2D eigenvalue weighted by Gasteiger charge is -2.11. The summed E-state index contributed by atoms with van der Waals surface area (Å²) in [5.74, 6) is -0.346. The summed E-state index contributed by atoms with van der Waals surface area (Å²) in [6, 6.07) is 7.20. The second kappa shape index (κ2) is 5.09. The van der Waals surface area contributed by atoms with Gasteiger partial charge in [-0.1, -0.05) is 39.7 Å². The number of benzene rings is 1. The van der Waals surface area contributed by atoms with Gasteiger partial charge in [-0.2, -0.15) is 0 Å². The normalized spacial score (nSPS) is 12.8. The first-order valence-corrected chi connectivity index (χ1v) is 7.26. The lowest BCUT2D eigenvalue weighted by Crippen LogP contribution is -1.96. The van der Waals surface area contributed by atoms with Crippen LogP contribution < -0.4 is 0 Å². The maximum absolute atomic E-state index is 13.9. The number of hydrogen-bond donors (Lipinski definition) is 0. The highest BCUT2D eigenvalue weighted by molar-refractivity contribution is 9.09. The molecular formula is C13H11BrClFS. The Morgan fingerprint density at radius 3 is 2.65 bits per heavy atom. The average Bonchev–Trinajstić information content (AvgIpc) is 2.61. The van der Waals surface area contributed by atoms with Gasteiger partial charge in [0.15, 0.2) is 0 Å². The number of thiophene rings is 1. The van der Waals surface area contributed by atoms with Gasteiger partial charge in [-0.05, 0) is 31.5 Å². The molecule has 0 aliphatic heterocycles. The van der Waals surface area contributed by atoms with Crippen LogP contribution in [0.3, 0.4) is 0 Å². The Morgan fingerprint density at radius 1 is 1.35 bits per heavy atom. The molecule has 2 aromatic rings. The minimum Gasteiger partial charge on any atom is -0.205 e. The Bertz CT molecular complexity index is 550. The number of aryl methyl sites for hydroxylation is 2. The van der Waals surface area contributed by atoms with Crippen molar-refractivity contribution < 1.29 is 4.39 Å². The molecule has 0 N–H and O–H groups in total. The first kappa shape index (κ1) is 13.1. The first-order chi connectivity index (χ1) is 8.00. The van der Waals surface area contributed by atoms with E-state index in [2.05, 4.69) is 28.9 Å². The van der Waals surface area contributed by atoms with E-state index in [0.717, 1.165) is 4.88 Å². The molecule has 2 rings (SSSR count). The highest BCUT2D eigenvalue weighted by Crippen LogP contribution is 2.39. The quantitative estimate of drug-likeness (QED) is 0.624. The Hall–Kier alpha value is -0.380. The van der Waals surface area contributed by atoms with Gasteiger partial charge in [-0.3, -0.25) is 0 Å². The number of alkyl halides is 1. The van der Waals surface area contributed by atoms with E-state index in [1.54, 1.807) is 29.5 Å². The third-order valence-electron chi connectivity index (χ3n) is 2.56. The number of halogens is 3. The van der Waals surface area contributed by atoms with E-state index < -0.39 is 0 Å². The van der Waals surface area contributed by atoms with Crippen LogP contribution in [0.15, 0.2) is 24.3 Å². The topological polar surface area (TPSA) is 0 Å². The van der Waals surface area contributed by atoms with Gasteiger partial charge < -0.3 is 0 Å². The molecule has 1 atom stereocenters. The molecule has 1 aromatic carbocycles. The molecule has 0 saturated heterocycles. The van der Waals surface area contributed by atoms with Crippen LogP contribution in [-0.4, -0.2) is 0 Å². The highest BCUT2D eigenvalue weighted by atomic mass is 79.9. The summed E-state index contributed by atoms with van der Waals surface area (Å²) >= 11 is 11.0. The largest absolute Gasteiger partial charge is 0.205 e. The molecule has 4 heteroatoms. The van der Waals surface area contributed by atoms with Gasteiger partial charge >= 0.3 is 0 Å². The van der Waals surface area contributed by atoms with Crippen molar-refractivity contribution in [2.45, 2.75) is 18.7 Å². The highest BCUT2D eigenvalue weighted by Gasteiger charge is 2.19. The molecule has 0 saturated carbocycles. The van der Waals surface area contributed by atoms with Crippen LogP contribution in [0.2, 0.25) is 5.02 Å². The van der Waals surface area contributed by atoms with E-state index in [1.165, 1.54) is 10.4 Å². The van der Waals surface area contributed by atoms with Crippen molar-refractivity contribution in [1.82, 2.24) is 0 Å². The van der Waals surface area contributed by atoms with E-state index in [4.69, 9.17) is 11.6 Å². The van der Waals surface area contributed by atoms with Crippen LogP contribution in [0.4, 0.5) is 4.39 Å². The molecule has 90 valence electrons. The fourth-order valence-electron chi connectivity index (χ4n) is 1.77. The standard InChI is InChI=1S/C13H11BrClFS/c1-7-6-8(2)17-13(7)11(14)9-4-3-5-10(15)12(9)16/h3-6,11H,1-2H3. The molecule has 0 radical (unpaired) electrons. The lowest BCUT2D eigenvalue weighted by atomic mass is 10.1. The van der Waals surface area contributed by atoms with E-state index in [9.17, 15) is 4.39 Å². The Morgan fingerprint density at radius 2 is 2.06 bits per heavy atom. The van der Waals surface area contributed by atoms with Crippen molar-refractivity contribution in [2.24, 2.45) is 0 Å². The zero-order chi connectivity index (χ0) is 12.6. The zero-order valence-electron chi connectivity index (χ0n) is 9.43. The van der Waals surface area contributed by atoms with Crippen molar-refractivity contribution in [3.63, 3.8) is 0 Å². The molecule has 0 spiro atoms. The van der Waals surface area contributed by atoms with Crippen LogP contribution in [0, 0.1) is 19.7 Å². The molecule has 0 amide bonds. The fourth-order valence-corrected chi connectivity index (χ4v) is 3.98. The Labute approximate surface area is 118 Å². The van der Waals surface area contributed by atoms with E-state index >= 15 is 0 Å². The van der Waals surface area contributed by atoms with E-state index in [0.29, 0.717) is 5.56 Å². The van der Waals surface area contributed by atoms with E-state index in [1.807, 2.05) is 6.92 Å². The van der Waals surface area contributed by atoms with Crippen molar-refractivity contribution >= 4 is 38.9 Å². The molecule has 0 fully saturated rings. The molecule has 0 nitrogen and oxygen atoms in total. The van der Waals surface area contributed by atoms with Crippen LogP contribution >= 0.6 is 38.9 Å². The summed E-state index contributed by atoms with van der Waals surface area (Å²) in [6.07, 6.45) is 0. The fraction of sp³-hybridized carbons (Fsp3) is 0.231. The van der Waals surface area contributed by atoms with Crippen LogP contribution in [0.1, 0.15) is 25.7 Å². The van der Waals surface area contributed by atoms with Gasteiger partial charge in [0.25, 0.3) is 0 Å². The van der Waals surface area contributed by atoms with Gasteiger partial charge in [0.05, 0.1) is 9.85 Å². The summed E-state index contributed by atoms with van der Waals surface area (Å²) < 4.78 is 13.9. The van der Waals surface area contributed by atoms with Crippen LogP contribution in [0.5, 0.6) is 0 Å². The molecule has 1 heterocycles. The minimum atomic E-state index is -0.346. The van der Waals surface area contributed by atoms with Gasteiger partial charge in [0.1, 0.15) is 5.82 Å². The van der Waals surface area contributed by atoms with Crippen molar-refractivity contribution in [3.8, 4) is 0 Å². The van der Waals surface area contributed by atoms with Gasteiger partial charge in [-0.25, -0.2) is 4.39 Å². The summed E-state index contributed by atoms with van der Waals surface area (Å²) in [5, 5.41) is 0.165. The summed E-state index contributed by atoms with van der Waals surface area (Å²) in [7, 11) is 0. The molecule has 0 aliphatic rings.